The fraction of sp³-hybridized carbons (Fsp3) is 0.500. The molecule has 0 radical (unpaired) electrons. The maximum absolute atomic E-state index is 13.6. The number of pyridine rings is 1. The van der Waals surface area contributed by atoms with Crippen LogP contribution in [0.1, 0.15) is 82.1 Å². The molecule has 0 spiro atoms. The molecule has 0 fully saturated rings. The Kier molecular flexibility index (Phi) is 9.29. The molecule has 0 saturated carbocycles. The Morgan fingerprint density at radius 2 is 1.86 bits per heavy atom. The fourth-order valence-electron chi connectivity index (χ4n) is 6.02. The van der Waals surface area contributed by atoms with Crippen LogP contribution in [-0.4, -0.2) is 60.7 Å². The molecule has 2 aliphatic heterocycles. The summed E-state index contributed by atoms with van der Waals surface area (Å²) >= 11 is 0. The van der Waals surface area contributed by atoms with E-state index < -0.39 is 25.4 Å². The summed E-state index contributed by atoms with van der Waals surface area (Å²) in [6, 6.07) is 9.24. The van der Waals surface area contributed by atoms with Crippen molar-refractivity contribution >= 4 is 37.6 Å². The summed E-state index contributed by atoms with van der Waals surface area (Å²) < 4.78 is 14.1. The summed E-state index contributed by atoms with van der Waals surface area (Å²) in [5.41, 5.74) is 2.44. The van der Waals surface area contributed by atoms with Gasteiger partial charge in [0.05, 0.1) is 22.5 Å². The lowest BCUT2D eigenvalue weighted by Gasteiger charge is -2.39. The maximum Gasteiger partial charge on any atom is 0.414 e. The Bertz CT molecular complexity index is 1920. The SMILES string of the molecule is CNC(=O)c1cc(Nc2nccc(-c3cc(C#N)c4c(c3)[C@@](C)(CO[Si](C)(C)C(C)(C)C)CN4C(=O)OC(C)(C)C)n2)c(=O)n2c1CCC2. The molecule has 5 rings (SSSR count). The van der Waals surface area contributed by atoms with Crippen LogP contribution in [0.25, 0.3) is 11.3 Å². The zero-order valence-electron chi connectivity index (χ0n) is 30.2. The summed E-state index contributed by atoms with van der Waals surface area (Å²) in [7, 11) is -0.620. The number of carbonyl (C=O) groups excluding carboxylic acids is 2. The van der Waals surface area contributed by atoms with E-state index in [4.69, 9.17) is 14.1 Å². The maximum atomic E-state index is 13.6. The predicted molar refractivity (Wildman–Crippen MR) is 192 cm³/mol. The summed E-state index contributed by atoms with van der Waals surface area (Å²) in [5, 5.41) is 16.1. The minimum atomic E-state index is -2.18. The van der Waals surface area contributed by atoms with Crippen LogP contribution in [-0.2, 0) is 27.5 Å². The van der Waals surface area contributed by atoms with E-state index in [1.807, 2.05) is 33.8 Å². The molecule has 2 amide bonds. The number of nitrogens with zero attached hydrogens (tertiary/aromatic N) is 5. The van der Waals surface area contributed by atoms with Crippen LogP contribution in [0.2, 0.25) is 18.1 Å². The Hall–Kier alpha value is -4.54. The number of hydrogen-bond donors (Lipinski definition) is 2. The Morgan fingerprint density at radius 1 is 1.14 bits per heavy atom. The van der Waals surface area contributed by atoms with Crippen molar-refractivity contribution in [3.63, 3.8) is 0 Å². The van der Waals surface area contributed by atoms with E-state index in [1.54, 1.807) is 40.9 Å². The summed E-state index contributed by atoms with van der Waals surface area (Å²) in [6.45, 7) is 19.6. The number of rotatable bonds is 7. The largest absolute Gasteiger partial charge is 0.443 e. The zero-order valence-corrected chi connectivity index (χ0v) is 31.2. The van der Waals surface area contributed by atoms with Crippen LogP contribution >= 0.6 is 0 Å². The second-order valence-electron chi connectivity index (χ2n) is 15.7. The lowest BCUT2D eigenvalue weighted by atomic mass is 9.83. The lowest BCUT2D eigenvalue weighted by Crippen LogP contribution is -2.46. The molecule has 0 bridgehead atoms. The third kappa shape index (κ3) is 6.98. The van der Waals surface area contributed by atoms with E-state index in [9.17, 15) is 19.6 Å². The fourth-order valence-corrected chi connectivity index (χ4v) is 7.13. The van der Waals surface area contributed by atoms with Crippen molar-refractivity contribution in [2.45, 2.75) is 97.0 Å². The molecule has 2 aliphatic rings. The second kappa shape index (κ2) is 12.7. The molecular weight excluding hydrogens is 639 g/mol. The van der Waals surface area contributed by atoms with Gasteiger partial charge in [-0.1, -0.05) is 27.7 Å². The second-order valence-corrected chi connectivity index (χ2v) is 20.5. The molecule has 1 aromatic carbocycles. The molecule has 4 heterocycles. The topological polar surface area (TPSA) is 151 Å². The molecule has 13 heteroatoms. The van der Waals surface area contributed by atoms with E-state index >= 15 is 0 Å². The van der Waals surface area contributed by atoms with E-state index in [2.05, 4.69) is 55.6 Å². The van der Waals surface area contributed by atoms with Crippen LogP contribution in [0.4, 0.5) is 22.1 Å². The molecule has 0 aliphatic carbocycles. The smallest absolute Gasteiger partial charge is 0.414 e. The van der Waals surface area contributed by atoms with E-state index in [0.717, 1.165) is 12.0 Å². The van der Waals surface area contributed by atoms with Crippen molar-refractivity contribution in [2.75, 3.05) is 30.4 Å². The Labute approximate surface area is 289 Å². The number of carbonyl (C=O) groups is 2. The average Bonchev–Trinajstić information content (AvgIpc) is 3.63. The number of amides is 2. The highest BCUT2D eigenvalue weighted by Gasteiger charge is 2.47. The van der Waals surface area contributed by atoms with Crippen molar-refractivity contribution in [1.29, 1.82) is 5.26 Å². The summed E-state index contributed by atoms with van der Waals surface area (Å²) in [4.78, 5) is 50.2. The van der Waals surface area contributed by atoms with Crippen molar-refractivity contribution in [1.82, 2.24) is 19.9 Å². The molecule has 260 valence electrons. The number of ether oxygens (including phenoxy) is 1. The highest BCUT2D eigenvalue weighted by atomic mass is 28.4. The molecule has 3 aromatic rings. The number of aromatic nitrogens is 3. The van der Waals surface area contributed by atoms with Gasteiger partial charge in [-0.3, -0.25) is 14.5 Å². The van der Waals surface area contributed by atoms with Crippen molar-refractivity contribution in [3.05, 3.63) is 63.2 Å². The highest BCUT2D eigenvalue weighted by Crippen LogP contribution is 2.47. The van der Waals surface area contributed by atoms with Gasteiger partial charge in [0.15, 0.2) is 8.32 Å². The van der Waals surface area contributed by atoms with Gasteiger partial charge in [-0.2, -0.15) is 5.26 Å². The first-order valence-electron chi connectivity index (χ1n) is 16.6. The number of anilines is 3. The van der Waals surface area contributed by atoms with Crippen LogP contribution < -0.4 is 21.1 Å². The van der Waals surface area contributed by atoms with Gasteiger partial charge >= 0.3 is 6.09 Å². The molecule has 2 aromatic heterocycles. The lowest BCUT2D eigenvalue weighted by molar-refractivity contribution is 0.0575. The summed E-state index contributed by atoms with van der Waals surface area (Å²) in [5.74, 6) is -0.110. The van der Waals surface area contributed by atoms with Gasteiger partial charge in [-0.05, 0) is 81.6 Å². The molecule has 2 N–H and O–H groups in total. The van der Waals surface area contributed by atoms with Crippen molar-refractivity contribution in [3.8, 4) is 17.3 Å². The van der Waals surface area contributed by atoms with Crippen LogP contribution in [0.3, 0.4) is 0 Å². The average molecular weight is 686 g/mol. The Balaban J connectivity index is 1.57. The molecule has 0 saturated heterocycles. The van der Waals surface area contributed by atoms with Crippen LogP contribution in [0, 0.1) is 11.3 Å². The van der Waals surface area contributed by atoms with Crippen LogP contribution in [0.15, 0.2) is 35.3 Å². The third-order valence-corrected chi connectivity index (χ3v) is 14.2. The van der Waals surface area contributed by atoms with Crippen molar-refractivity contribution < 1.29 is 18.8 Å². The number of fused-ring (bicyclic) bond motifs is 2. The quantitative estimate of drug-likeness (QED) is 0.275. The molecule has 49 heavy (non-hydrogen) atoms. The van der Waals surface area contributed by atoms with Gasteiger partial charge in [0.1, 0.15) is 17.4 Å². The normalized spacial score (nSPS) is 17.3. The number of nitrogens with one attached hydrogen (secondary N) is 2. The van der Waals surface area contributed by atoms with Crippen LogP contribution in [0.5, 0.6) is 0 Å². The van der Waals surface area contributed by atoms with Gasteiger partial charge in [0.25, 0.3) is 11.5 Å². The molecular formula is C36H47N7O5Si. The third-order valence-electron chi connectivity index (χ3n) is 9.70. The molecule has 0 unspecified atom stereocenters. The zero-order chi connectivity index (χ0) is 36.1. The number of hydrogen-bond acceptors (Lipinski definition) is 9. The minimum absolute atomic E-state index is 0.0257. The first-order chi connectivity index (χ1) is 22.8. The van der Waals surface area contributed by atoms with Gasteiger partial charge in [0.2, 0.25) is 5.95 Å². The monoisotopic (exact) mass is 685 g/mol. The molecule has 1 atom stereocenters. The standard InChI is InChI=1S/C36H47N7O5Si/c1-34(2,3)48-33(46)43-20-36(7,21-47-49(9,10)35(4,5)6)25-17-22(16-23(19-37)29(25)43)26-13-14-39-32(40-26)41-27-18-24(30(44)38-8)28-12-11-15-42(28)31(27)45/h13-14,16-18H,11-12,15,20-21H2,1-10H3,(H,38,44)(H,39,40,41)/t36-/m1/s1. The minimum Gasteiger partial charge on any atom is -0.443 e. The number of benzene rings is 1. The van der Waals surface area contributed by atoms with E-state index in [0.29, 0.717) is 53.3 Å². The predicted octanol–water partition coefficient (Wildman–Crippen LogP) is 6.26. The number of nitriles is 1. The Morgan fingerprint density at radius 3 is 2.49 bits per heavy atom. The molecule has 12 nitrogen and oxygen atoms in total. The highest BCUT2D eigenvalue weighted by molar-refractivity contribution is 6.74. The summed E-state index contributed by atoms with van der Waals surface area (Å²) in [6.07, 6.45) is 2.47. The van der Waals surface area contributed by atoms with Gasteiger partial charge in [-0.15, -0.1) is 0 Å². The van der Waals surface area contributed by atoms with E-state index in [-0.39, 0.29) is 34.7 Å². The first-order valence-corrected chi connectivity index (χ1v) is 19.5. The van der Waals surface area contributed by atoms with Gasteiger partial charge in [-0.25, -0.2) is 14.8 Å². The van der Waals surface area contributed by atoms with Gasteiger partial charge < -0.3 is 24.4 Å². The first kappa shape index (κ1) is 35.8. The van der Waals surface area contributed by atoms with Crippen molar-refractivity contribution in [2.24, 2.45) is 0 Å². The van der Waals surface area contributed by atoms with E-state index in [1.165, 1.54) is 0 Å². The van der Waals surface area contributed by atoms with Gasteiger partial charge in [0, 0.05) is 49.6 Å².